The Morgan fingerprint density at radius 3 is 2.75 bits per heavy atom. The van der Waals surface area contributed by atoms with Crippen molar-refractivity contribution in [3.63, 3.8) is 0 Å². The van der Waals surface area contributed by atoms with Crippen LogP contribution in [0.2, 0.25) is 0 Å². The van der Waals surface area contributed by atoms with Crippen LogP contribution in [0.4, 0.5) is 5.69 Å². The molecule has 0 radical (unpaired) electrons. The molecule has 0 atom stereocenters. The minimum Gasteiger partial charge on any atom is -0.455 e. The number of ether oxygens (including phenoxy) is 1. The number of nitrogens with one attached hydrogen (secondary N) is 1. The van der Waals surface area contributed by atoms with E-state index in [1.54, 1.807) is 5.51 Å². The van der Waals surface area contributed by atoms with E-state index in [1.807, 2.05) is 55.5 Å². The number of aromatic nitrogens is 2. The standard InChI is InChI=1S/C17H15N3O2S2/c1-12-6-8-13(9-7-12)22-15-5-3-2-4-14(15)19-16(21)10-23-17-20-18-11-24-17/h2-9,11H,10H2,1H3,(H,19,21). The van der Waals surface area contributed by atoms with Crippen LogP contribution < -0.4 is 10.1 Å². The predicted octanol–water partition coefficient (Wildman–Crippen LogP) is 4.37. The number of hydrogen-bond donors (Lipinski definition) is 1. The second kappa shape index (κ2) is 7.94. The Bertz CT molecular complexity index is 805. The summed E-state index contributed by atoms with van der Waals surface area (Å²) < 4.78 is 6.65. The fraction of sp³-hybridized carbons (Fsp3) is 0.118. The smallest absolute Gasteiger partial charge is 0.234 e. The first-order valence-electron chi connectivity index (χ1n) is 7.23. The van der Waals surface area contributed by atoms with Crippen molar-refractivity contribution in [2.75, 3.05) is 11.1 Å². The molecule has 1 N–H and O–H groups in total. The third-order valence-electron chi connectivity index (χ3n) is 3.08. The second-order valence-corrected chi connectivity index (χ2v) is 7.01. The van der Waals surface area contributed by atoms with Gasteiger partial charge in [-0.3, -0.25) is 4.79 Å². The lowest BCUT2D eigenvalue weighted by atomic mass is 10.2. The number of nitrogens with zero attached hydrogens (tertiary/aromatic N) is 2. The lowest BCUT2D eigenvalue weighted by Gasteiger charge is -2.12. The van der Waals surface area contributed by atoms with Crippen LogP contribution in [0.3, 0.4) is 0 Å². The maximum absolute atomic E-state index is 12.1. The molecular weight excluding hydrogens is 342 g/mol. The first-order chi connectivity index (χ1) is 11.7. The van der Waals surface area contributed by atoms with Crippen molar-refractivity contribution in [2.24, 2.45) is 0 Å². The summed E-state index contributed by atoms with van der Waals surface area (Å²) in [5.74, 6) is 1.49. The maximum atomic E-state index is 12.1. The first kappa shape index (κ1) is 16.5. The van der Waals surface area contributed by atoms with Crippen molar-refractivity contribution in [1.82, 2.24) is 10.2 Å². The van der Waals surface area contributed by atoms with E-state index in [2.05, 4.69) is 15.5 Å². The molecule has 2 aromatic carbocycles. The molecule has 1 heterocycles. The van der Waals surface area contributed by atoms with Crippen molar-refractivity contribution in [3.8, 4) is 11.5 Å². The maximum Gasteiger partial charge on any atom is 0.234 e. The van der Waals surface area contributed by atoms with Crippen LogP contribution in [0.5, 0.6) is 11.5 Å². The number of amides is 1. The molecular formula is C17H15N3O2S2. The fourth-order valence-electron chi connectivity index (χ4n) is 1.93. The Morgan fingerprint density at radius 1 is 1.21 bits per heavy atom. The third kappa shape index (κ3) is 4.56. The summed E-state index contributed by atoms with van der Waals surface area (Å²) in [6.45, 7) is 2.02. The molecule has 7 heteroatoms. The molecule has 1 aromatic heterocycles. The molecule has 122 valence electrons. The van der Waals surface area contributed by atoms with E-state index in [0.29, 0.717) is 11.4 Å². The number of anilines is 1. The van der Waals surface area contributed by atoms with Gasteiger partial charge in [0.1, 0.15) is 11.3 Å². The van der Waals surface area contributed by atoms with Crippen LogP contribution in [0.1, 0.15) is 5.56 Å². The zero-order valence-corrected chi connectivity index (χ0v) is 14.6. The molecule has 0 aliphatic rings. The first-order valence-corrected chi connectivity index (χ1v) is 9.09. The van der Waals surface area contributed by atoms with E-state index in [-0.39, 0.29) is 11.7 Å². The molecule has 3 aromatic rings. The Morgan fingerprint density at radius 2 is 2.00 bits per heavy atom. The van der Waals surface area contributed by atoms with Crippen LogP contribution in [0, 0.1) is 6.92 Å². The number of para-hydroxylation sites is 2. The summed E-state index contributed by atoms with van der Waals surface area (Å²) in [6.07, 6.45) is 0. The monoisotopic (exact) mass is 357 g/mol. The molecule has 1 amide bonds. The third-order valence-corrected chi connectivity index (χ3v) is 4.94. The quantitative estimate of drug-likeness (QED) is 0.664. The van der Waals surface area contributed by atoms with Crippen LogP contribution in [0.15, 0.2) is 58.4 Å². The molecule has 0 unspecified atom stereocenters. The molecule has 0 saturated carbocycles. The molecule has 0 saturated heterocycles. The summed E-state index contributed by atoms with van der Waals surface area (Å²) in [4.78, 5) is 12.1. The molecule has 0 aliphatic heterocycles. The van der Waals surface area contributed by atoms with E-state index < -0.39 is 0 Å². The highest BCUT2D eigenvalue weighted by atomic mass is 32.2. The van der Waals surface area contributed by atoms with Gasteiger partial charge in [-0.1, -0.05) is 52.9 Å². The summed E-state index contributed by atoms with van der Waals surface area (Å²) >= 11 is 2.77. The van der Waals surface area contributed by atoms with Gasteiger partial charge in [0.25, 0.3) is 0 Å². The number of rotatable bonds is 6. The van der Waals surface area contributed by atoms with Gasteiger partial charge < -0.3 is 10.1 Å². The van der Waals surface area contributed by atoms with Gasteiger partial charge >= 0.3 is 0 Å². The summed E-state index contributed by atoms with van der Waals surface area (Å²) in [6, 6.07) is 15.1. The Kier molecular flexibility index (Phi) is 5.45. The minimum absolute atomic E-state index is 0.116. The Labute approximate surface area is 148 Å². The van der Waals surface area contributed by atoms with E-state index in [4.69, 9.17) is 4.74 Å². The van der Waals surface area contributed by atoms with Crippen molar-refractivity contribution in [3.05, 3.63) is 59.6 Å². The van der Waals surface area contributed by atoms with Gasteiger partial charge in [0, 0.05) is 0 Å². The lowest BCUT2D eigenvalue weighted by molar-refractivity contribution is -0.113. The molecule has 0 fully saturated rings. The number of benzene rings is 2. The number of aryl methyl sites for hydroxylation is 1. The van der Waals surface area contributed by atoms with Crippen molar-refractivity contribution in [2.45, 2.75) is 11.3 Å². The van der Waals surface area contributed by atoms with Crippen molar-refractivity contribution >= 4 is 34.7 Å². The Balaban J connectivity index is 1.65. The highest BCUT2D eigenvalue weighted by Crippen LogP contribution is 2.29. The van der Waals surface area contributed by atoms with Crippen LogP contribution in [-0.4, -0.2) is 21.9 Å². The molecule has 0 spiro atoms. The van der Waals surface area contributed by atoms with Crippen LogP contribution >= 0.6 is 23.1 Å². The largest absolute Gasteiger partial charge is 0.455 e. The van der Waals surface area contributed by atoms with E-state index in [1.165, 1.54) is 23.1 Å². The Hall–Kier alpha value is -2.38. The summed E-state index contributed by atoms with van der Waals surface area (Å²) in [5, 5.41) is 10.5. The number of thioether (sulfide) groups is 1. The second-order valence-electron chi connectivity index (χ2n) is 4.95. The SMILES string of the molecule is Cc1ccc(Oc2ccccc2NC(=O)CSc2nncs2)cc1. The average Bonchev–Trinajstić information content (AvgIpc) is 3.10. The van der Waals surface area contributed by atoms with Gasteiger partial charge in [-0.2, -0.15) is 0 Å². The molecule has 0 aliphatic carbocycles. The fourth-order valence-corrected chi connectivity index (χ4v) is 3.22. The zero-order valence-electron chi connectivity index (χ0n) is 12.9. The lowest BCUT2D eigenvalue weighted by Crippen LogP contribution is -2.14. The average molecular weight is 357 g/mol. The van der Waals surface area contributed by atoms with Crippen LogP contribution in [-0.2, 0) is 4.79 Å². The van der Waals surface area contributed by atoms with Gasteiger partial charge in [0.05, 0.1) is 11.4 Å². The minimum atomic E-state index is -0.116. The highest BCUT2D eigenvalue weighted by molar-refractivity contribution is 8.01. The molecule has 24 heavy (non-hydrogen) atoms. The van der Waals surface area contributed by atoms with Crippen molar-refractivity contribution in [1.29, 1.82) is 0 Å². The summed E-state index contributed by atoms with van der Waals surface area (Å²) in [7, 11) is 0. The van der Waals surface area contributed by atoms with Gasteiger partial charge in [-0.25, -0.2) is 0 Å². The van der Waals surface area contributed by atoms with Gasteiger partial charge in [0.2, 0.25) is 5.91 Å². The van der Waals surface area contributed by atoms with Gasteiger partial charge in [-0.05, 0) is 31.2 Å². The number of carbonyl (C=O) groups excluding carboxylic acids is 1. The highest BCUT2D eigenvalue weighted by Gasteiger charge is 2.10. The normalized spacial score (nSPS) is 10.4. The van der Waals surface area contributed by atoms with Gasteiger partial charge in [0.15, 0.2) is 10.1 Å². The van der Waals surface area contributed by atoms with E-state index in [0.717, 1.165) is 15.7 Å². The topological polar surface area (TPSA) is 64.1 Å². The van der Waals surface area contributed by atoms with Crippen molar-refractivity contribution < 1.29 is 9.53 Å². The molecule has 0 bridgehead atoms. The van der Waals surface area contributed by atoms with E-state index in [9.17, 15) is 4.79 Å². The molecule has 3 rings (SSSR count). The van der Waals surface area contributed by atoms with E-state index >= 15 is 0 Å². The zero-order chi connectivity index (χ0) is 16.8. The van der Waals surface area contributed by atoms with Gasteiger partial charge in [-0.15, -0.1) is 10.2 Å². The number of carbonyl (C=O) groups is 1. The number of hydrogen-bond acceptors (Lipinski definition) is 6. The predicted molar refractivity (Wildman–Crippen MR) is 97.0 cm³/mol. The summed E-state index contributed by atoms with van der Waals surface area (Å²) in [5.41, 5.74) is 3.45. The molecule has 5 nitrogen and oxygen atoms in total. The van der Waals surface area contributed by atoms with Crippen LogP contribution in [0.25, 0.3) is 0 Å².